The summed E-state index contributed by atoms with van der Waals surface area (Å²) in [6.07, 6.45) is 1.50. The zero-order chi connectivity index (χ0) is 11.7. The van der Waals surface area contributed by atoms with Crippen LogP contribution in [0.1, 0.15) is 32.3 Å². The molecule has 0 amide bonds. The van der Waals surface area contributed by atoms with Crippen molar-refractivity contribution in [3.05, 3.63) is 41.2 Å². The normalized spacial score (nSPS) is 21.4. The highest BCUT2D eigenvalue weighted by molar-refractivity contribution is 6.22. The molecule has 0 radical (unpaired) electrons. The van der Waals surface area contributed by atoms with Crippen LogP contribution >= 0.6 is 0 Å². The number of benzene rings is 1. The van der Waals surface area contributed by atoms with E-state index in [2.05, 4.69) is 6.92 Å². The van der Waals surface area contributed by atoms with Gasteiger partial charge in [-0.05, 0) is 37.0 Å². The molecule has 16 heavy (non-hydrogen) atoms. The van der Waals surface area contributed by atoms with Crippen molar-refractivity contribution in [2.45, 2.75) is 26.7 Å². The minimum atomic E-state index is -0.288. The van der Waals surface area contributed by atoms with Gasteiger partial charge in [-0.1, -0.05) is 24.6 Å². The number of allylic oxidation sites excluding steroid dienone is 2. The summed E-state index contributed by atoms with van der Waals surface area (Å²) in [5.41, 5.74) is 2.52. The van der Waals surface area contributed by atoms with E-state index in [9.17, 15) is 9.18 Å². The molecule has 1 aliphatic rings. The van der Waals surface area contributed by atoms with Crippen molar-refractivity contribution in [2.75, 3.05) is 0 Å². The fraction of sp³-hybridized carbons (Fsp3) is 0.357. The molecular weight excluding hydrogens is 203 g/mol. The SMILES string of the molecule is CC1=C(c2cccc(F)c2)C(=O)CC(C)C1. The van der Waals surface area contributed by atoms with Gasteiger partial charge in [-0.15, -0.1) is 0 Å². The quantitative estimate of drug-likeness (QED) is 0.704. The first kappa shape index (κ1) is 11.1. The maximum absolute atomic E-state index is 13.1. The number of carbonyl (C=O) groups is 1. The summed E-state index contributed by atoms with van der Waals surface area (Å²) < 4.78 is 13.1. The third-order valence-electron chi connectivity index (χ3n) is 3.01. The lowest BCUT2D eigenvalue weighted by Gasteiger charge is -2.22. The zero-order valence-corrected chi connectivity index (χ0v) is 9.59. The molecule has 0 saturated heterocycles. The summed E-state index contributed by atoms with van der Waals surface area (Å²) in [5, 5.41) is 0. The van der Waals surface area contributed by atoms with E-state index in [0.717, 1.165) is 23.1 Å². The third-order valence-corrected chi connectivity index (χ3v) is 3.01. The minimum Gasteiger partial charge on any atom is -0.294 e. The molecule has 0 aromatic heterocycles. The van der Waals surface area contributed by atoms with Crippen molar-refractivity contribution in [3.8, 4) is 0 Å². The van der Waals surface area contributed by atoms with Gasteiger partial charge in [0.25, 0.3) is 0 Å². The molecule has 1 aliphatic carbocycles. The summed E-state index contributed by atoms with van der Waals surface area (Å²) >= 11 is 0. The fourth-order valence-electron chi connectivity index (χ4n) is 2.40. The van der Waals surface area contributed by atoms with Gasteiger partial charge in [0.15, 0.2) is 5.78 Å². The lowest BCUT2D eigenvalue weighted by Crippen LogP contribution is -2.15. The predicted octanol–water partition coefficient (Wildman–Crippen LogP) is 3.60. The minimum absolute atomic E-state index is 0.141. The molecule has 0 saturated carbocycles. The Labute approximate surface area is 95.0 Å². The Morgan fingerprint density at radius 3 is 2.69 bits per heavy atom. The lowest BCUT2D eigenvalue weighted by atomic mass is 9.82. The standard InChI is InChI=1S/C14H15FO/c1-9-6-10(2)14(13(16)7-9)11-4-3-5-12(15)8-11/h3-5,8-9H,6-7H2,1-2H3. The van der Waals surface area contributed by atoms with Crippen LogP contribution in [0.25, 0.3) is 5.57 Å². The Bertz CT molecular complexity index is 460. The first-order valence-electron chi connectivity index (χ1n) is 5.57. The van der Waals surface area contributed by atoms with Crippen molar-refractivity contribution in [1.29, 1.82) is 0 Å². The number of hydrogen-bond acceptors (Lipinski definition) is 1. The van der Waals surface area contributed by atoms with E-state index in [1.807, 2.05) is 6.92 Å². The number of Topliss-reactive ketones (excluding diaryl/α,β-unsaturated/α-hetero) is 1. The Balaban J connectivity index is 2.47. The third kappa shape index (κ3) is 2.06. The Kier molecular flexibility index (Phi) is 2.90. The van der Waals surface area contributed by atoms with Crippen LogP contribution in [0, 0.1) is 11.7 Å². The van der Waals surface area contributed by atoms with Crippen LogP contribution in [0.2, 0.25) is 0 Å². The van der Waals surface area contributed by atoms with E-state index in [1.54, 1.807) is 12.1 Å². The van der Waals surface area contributed by atoms with Gasteiger partial charge in [-0.25, -0.2) is 4.39 Å². The Morgan fingerprint density at radius 1 is 1.31 bits per heavy atom. The smallest absolute Gasteiger partial charge is 0.163 e. The molecular formula is C14H15FO. The molecule has 1 nitrogen and oxygen atoms in total. The van der Waals surface area contributed by atoms with Gasteiger partial charge in [-0.2, -0.15) is 0 Å². The van der Waals surface area contributed by atoms with Gasteiger partial charge in [0.2, 0.25) is 0 Å². The Morgan fingerprint density at radius 2 is 2.06 bits per heavy atom. The topological polar surface area (TPSA) is 17.1 Å². The van der Waals surface area contributed by atoms with Crippen molar-refractivity contribution in [2.24, 2.45) is 5.92 Å². The van der Waals surface area contributed by atoms with Gasteiger partial charge in [0.1, 0.15) is 5.82 Å². The number of ketones is 1. The molecule has 0 heterocycles. The van der Waals surface area contributed by atoms with Crippen molar-refractivity contribution < 1.29 is 9.18 Å². The van der Waals surface area contributed by atoms with Crippen LogP contribution in [-0.2, 0) is 4.79 Å². The van der Waals surface area contributed by atoms with Crippen LogP contribution in [-0.4, -0.2) is 5.78 Å². The predicted molar refractivity (Wildman–Crippen MR) is 62.4 cm³/mol. The maximum Gasteiger partial charge on any atom is 0.163 e. The summed E-state index contributed by atoms with van der Waals surface area (Å²) in [5.74, 6) is 0.260. The highest BCUT2D eigenvalue weighted by Gasteiger charge is 2.23. The molecule has 2 rings (SSSR count). The largest absolute Gasteiger partial charge is 0.294 e. The molecule has 2 heteroatoms. The lowest BCUT2D eigenvalue weighted by molar-refractivity contribution is -0.114. The van der Waals surface area contributed by atoms with Gasteiger partial charge in [0.05, 0.1) is 0 Å². The van der Waals surface area contributed by atoms with Crippen LogP contribution < -0.4 is 0 Å². The average molecular weight is 218 g/mol. The van der Waals surface area contributed by atoms with E-state index in [-0.39, 0.29) is 11.6 Å². The van der Waals surface area contributed by atoms with E-state index < -0.39 is 0 Å². The number of rotatable bonds is 1. The zero-order valence-electron chi connectivity index (χ0n) is 9.59. The molecule has 1 unspecified atom stereocenters. The van der Waals surface area contributed by atoms with E-state index in [4.69, 9.17) is 0 Å². The molecule has 0 N–H and O–H groups in total. The maximum atomic E-state index is 13.1. The molecule has 1 aromatic rings. The number of halogens is 1. The van der Waals surface area contributed by atoms with Gasteiger partial charge >= 0.3 is 0 Å². The summed E-state index contributed by atoms with van der Waals surface area (Å²) in [6.45, 7) is 4.04. The summed E-state index contributed by atoms with van der Waals surface area (Å²) in [7, 11) is 0. The van der Waals surface area contributed by atoms with E-state index in [1.165, 1.54) is 12.1 Å². The van der Waals surface area contributed by atoms with Crippen LogP contribution in [0.3, 0.4) is 0 Å². The van der Waals surface area contributed by atoms with Gasteiger partial charge < -0.3 is 0 Å². The molecule has 0 bridgehead atoms. The number of hydrogen-bond donors (Lipinski definition) is 0. The molecule has 84 valence electrons. The average Bonchev–Trinajstić information content (AvgIpc) is 2.15. The van der Waals surface area contributed by atoms with Crippen LogP contribution in [0.5, 0.6) is 0 Å². The second-order valence-corrected chi connectivity index (χ2v) is 4.60. The van der Waals surface area contributed by atoms with Gasteiger partial charge in [-0.3, -0.25) is 4.79 Å². The number of carbonyl (C=O) groups excluding carboxylic acids is 1. The molecule has 0 spiro atoms. The highest BCUT2D eigenvalue weighted by atomic mass is 19.1. The monoisotopic (exact) mass is 218 g/mol. The van der Waals surface area contributed by atoms with Gasteiger partial charge in [0, 0.05) is 12.0 Å². The fourth-order valence-corrected chi connectivity index (χ4v) is 2.40. The second kappa shape index (κ2) is 4.20. The first-order valence-corrected chi connectivity index (χ1v) is 5.57. The summed E-state index contributed by atoms with van der Waals surface area (Å²) in [4.78, 5) is 11.9. The van der Waals surface area contributed by atoms with Crippen molar-refractivity contribution in [1.82, 2.24) is 0 Å². The van der Waals surface area contributed by atoms with Crippen LogP contribution in [0.15, 0.2) is 29.8 Å². The Hall–Kier alpha value is -1.44. The van der Waals surface area contributed by atoms with Crippen LogP contribution in [0.4, 0.5) is 4.39 Å². The first-order chi connectivity index (χ1) is 7.58. The highest BCUT2D eigenvalue weighted by Crippen LogP contribution is 2.32. The summed E-state index contributed by atoms with van der Waals surface area (Å²) in [6, 6.07) is 6.29. The van der Waals surface area contributed by atoms with E-state index >= 15 is 0 Å². The van der Waals surface area contributed by atoms with E-state index in [0.29, 0.717) is 12.3 Å². The molecule has 0 fully saturated rings. The van der Waals surface area contributed by atoms with Crippen molar-refractivity contribution in [3.63, 3.8) is 0 Å². The molecule has 1 aromatic carbocycles. The molecule has 0 aliphatic heterocycles. The van der Waals surface area contributed by atoms with Crippen molar-refractivity contribution >= 4 is 11.4 Å². The second-order valence-electron chi connectivity index (χ2n) is 4.60. The molecule has 1 atom stereocenters.